The molecule has 3 nitrogen and oxygen atoms in total. The molecular weight excluding hydrogens is 539 g/mol. The van der Waals surface area contributed by atoms with Gasteiger partial charge in [0, 0.05) is 0 Å². The van der Waals surface area contributed by atoms with Crippen molar-refractivity contribution in [3.63, 3.8) is 0 Å². The summed E-state index contributed by atoms with van der Waals surface area (Å²) in [7, 11) is 0.804. The summed E-state index contributed by atoms with van der Waals surface area (Å²) < 4.78 is 19.5. The second-order valence-corrected chi connectivity index (χ2v) is 26.7. The van der Waals surface area contributed by atoms with Crippen LogP contribution in [0, 0.1) is 0 Å². The average molecular weight is 580 g/mol. The Hall–Kier alpha value is 0.222. The third-order valence-corrected chi connectivity index (χ3v) is 25.5. The molecule has 0 heterocycles. The first-order valence-corrected chi connectivity index (χ1v) is 20.3. The van der Waals surface area contributed by atoms with Gasteiger partial charge in [-0.15, -0.1) is 0 Å². The number of hydrogen-bond acceptors (Lipinski definition) is 3. The van der Waals surface area contributed by atoms with Crippen LogP contribution in [0.25, 0.3) is 0 Å². The van der Waals surface area contributed by atoms with Crippen molar-refractivity contribution in [2.45, 2.75) is 67.7 Å². The van der Waals surface area contributed by atoms with Crippen molar-refractivity contribution >= 4 is 16.9 Å². The van der Waals surface area contributed by atoms with Gasteiger partial charge in [0.2, 0.25) is 0 Å². The van der Waals surface area contributed by atoms with Gasteiger partial charge in [0.1, 0.15) is 0 Å². The van der Waals surface area contributed by atoms with Crippen LogP contribution in [0.3, 0.4) is 0 Å². The van der Waals surface area contributed by atoms with E-state index in [1.807, 2.05) is 0 Å². The van der Waals surface area contributed by atoms with E-state index in [-0.39, 0.29) is 0 Å². The first-order valence-electron chi connectivity index (χ1n) is 9.41. The van der Waals surface area contributed by atoms with E-state index >= 15 is 0 Å². The molecule has 0 saturated heterocycles. The second kappa shape index (κ2) is 9.62. The van der Waals surface area contributed by atoms with Gasteiger partial charge in [0.15, 0.2) is 0 Å². The first kappa shape index (κ1) is 24.3. The molecule has 0 aromatic carbocycles. The topological polar surface area (TPSA) is 27.7 Å². The van der Waals surface area contributed by atoms with Gasteiger partial charge in [-0.2, -0.15) is 0 Å². The molecule has 0 bridgehead atoms. The van der Waals surface area contributed by atoms with Crippen molar-refractivity contribution in [2.24, 2.45) is 0 Å². The summed E-state index contributed by atoms with van der Waals surface area (Å²) in [5.41, 5.74) is 1.42. The van der Waals surface area contributed by atoms with Gasteiger partial charge in [-0.05, 0) is 0 Å². The Morgan fingerprint density at radius 1 is 1.00 bits per heavy atom. The number of hydrogen-bond donors (Lipinski definition) is 0. The average Bonchev–Trinajstić information content (AvgIpc) is 2.98. The summed E-state index contributed by atoms with van der Waals surface area (Å²) >= 11 is -2.02. The minimum atomic E-state index is -2.79. The Morgan fingerprint density at radius 3 is 1.81 bits per heavy atom. The van der Waals surface area contributed by atoms with Gasteiger partial charge in [-0.25, -0.2) is 0 Å². The van der Waals surface area contributed by atoms with E-state index in [1.165, 1.54) is 25.2 Å². The summed E-state index contributed by atoms with van der Waals surface area (Å²) in [5, 5.41) is 3.00. The molecule has 156 valence electrons. The molecule has 0 aromatic rings. The van der Waals surface area contributed by atoms with Crippen molar-refractivity contribution < 1.29 is 29.3 Å². The monoisotopic (exact) mass is 579 g/mol. The summed E-state index contributed by atoms with van der Waals surface area (Å²) in [6.07, 6.45) is 3.14. The molecule has 0 unspecified atom stereocenters. The third-order valence-electron chi connectivity index (χ3n) is 5.60. The van der Waals surface area contributed by atoms with Crippen molar-refractivity contribution in [1.29, 1.82) is 0 Å². The van der Waals surface area contributed by atoms with Crippen molar-refractivity contribution in [1.82, 2.24) is 0 Å². The quantitative estimate of drug-likeness (QED) is 0.213. The van der Waals surface area contributed by atoms with Crippen LogP contribution in [0.4, 0.5) is 0 Å². The molecule has 0 spiro atoms. The molecular formula is C20H40O3PtSi2. The summed E-state index contributed by atoms with van der Waals surface area (Å²) in [5.74, 6) is 0. The van der Waals surface area contributed by atoms with Crippen molar-refractivity contribution in [3.8, 4) is 0 Å². The van der Waals surface area contributed by atoms with Crippen molar-refractivity contribution in [2.75, 3.05) is 21.3 Å². The zero-order valence-corrected chi connectivity index (χ0v) is 22.6. The van der Waals surface area contributed by atoms with Crippen LogP contribution in [0.15, 0.2) is 32.6 Å². The predicted molar refractivity (Wildman–Crippen MR) is 115 cm³/mol. The maximum absolute atomic E-state index is 5.90. The summed E-state index contributed by atoms with van der Waals surface area (Å²) in [4.78, 5) is 4.04. The van der Waals surface area contributed by atoms with Gasteiger partial charge in [0.25, 0.3) is 0 Å². The van der Waals surface area contributed by atoms with E-state index in [2.05, 4.69) is 53.4 Å². The van der Waals surface area contributed by atoms with Gasteiger partial charge < -0.3 is 0 Å². The zero-order chi connectivity index (χ0) is 20.2. The molecule has 0 radical (unpaired) electrons. The standard InChI is InChI=1S/C14H25O3Si2.3C2H5.Pt/c1-8-11-18(6,7)13-9-10-14(12(13)2)19(15-3,16-4)17-5;3*1-2;/h8H,1,10-11H2,2-7H3;3*1H2,2H3;. The zero-order valence-electron chi connectivity index (χ0n) is 18.4. The van der Waals surface area contributed by atoms with E-state index < -0.39 is 32.9 Å². The Balaban J connectivity index is 3.71. The van der Waals surface area contributed by atoms with Crippen LogP contribution < -0.4 is 0 Å². The molecule has 0 saturated carbocycles. The van der Waals surface area contributed by atoms with Gasteiger partial charge >= 0.3 is 168 Å². The molecule has 26 heavy (non-hydrogen) atoms. The molecule has 1 aliphatic rings. The SMILES string of the molecule is C=CC[Si](C)(C)C1=[C]([Pt]([CH2]C)([CH2]C)[CH2]C)CC([Si](OC)(OC)OC)=C1C. The van der Waals surface area contributed by atoms with Crippen LogP contribution in [0.1, 0.15) is 34.1 Å². The molecule has 0 aromatic heterocycles. The van der Waals surface area contributed by atoms with Crippen LogP contribution in [-0.2, 0) is 29.3 Å². The fourth-order valence-electron chi connectivity index (χ4n) is 4.15. The number of rotatable bonds is 11. The molecule has 0 fully saturated rings. The minimum absolute atomic E-state index is 1.02. The summed E-state index contributed by atoms with van der Waals surface area (Å²) in [6, 6.07) is 1.12. The molecule has 1 aliphatic carbocycles. The molecule has 0 N–H and O–H groups in total. The van der Waals surface area contributed by atoms with Gasteiger partial charge in [-0.3, -0.25) is 0 Å². The Morgan fingerprint density at radius 2 is 1.46 bits per heavy atom. The second-order valence-electron chi connectivity index (χ2n) is 7.05. The third kappa shape index (κ3) is 4.13. The Bertz CT molecular complexity index is 557. The normalized spacial score (nSPS) is 17.3. The number of allylic oxidation sites excluding steroid dienone is 5. The van der Waals surface area contributed by atoms with Gasteiger partial charge in [-0.1, -0.05) is 0 Å². The van der Waals surface area contributed by atoms with E-state index in [9.17, 15) is 0 Å². The van der Waals surface area contributed by atoms with Crippen LogP contribution in [0.5, 0.6) is 0 Å². The Labute approximate surface area is 167 Å². The summed E-state index contributed by atoms with van der Waals surface area (Å²) in [6.45, 7) is 18.6. The predicted octanol–water partition coefficient (Wildman–Crippen LogP) is 6.28. The molecule has 0 amide bonds. The van der Waals surface area contributed by atoms with E-state index in [1.54, 1.807) is 30.5 Å². The van der Waals surface area contributed by atoms with Crippen LogP contribution in [0.2, 0.25) is 33.6 Å². The van der Waals surface area contributed by atoms with E-state index in [0.29, 0.717) is 0 Å². The Kier molecular flexibility index (Phi) is 8.98. The van der Waals surface area contributed by atoms with Crippen LogP contribution >= 0.6 is 0 Å². The van der Waals surface area contributed by atoms with E-state index in [0.717, 1.165) is 12.5 Å². The molecule has 0 aliphatic heterocycles. The fraction of sp³-hybridized carbons (Fsp3) is 0.700. The van der Waals surface area contributed by atoms with Gasteiger partial charge in [0.05, 0.1) is 0 Å². The fourth-order valence-corrected chi connectivity index (χ4v) is 22.6. The molecule has 0 atom stereocenters. The van der Waals surface area contributed by atoms with Crippen molar-refractivity contribution in [3.05, 3.63) is 32.6 Å². The first-order chi connectivity index (χ1) is 12.2. The maximum atomic E-state index is 5.90. The molecule has 6 heteroatoms. The van der Waals surface area contributed by atoms with Crippen LogP contribution in [-0.4, -0.2) is 38.2 Å². The van der Waals surface area contributed by atoms with E-state index in [4.69, 9.17) is 13.3 Å². The molecule has 1 rings (SSSR count).